The van der Waals surface area contributed by atoms with E-state index in [1.807, 2.05) is 31.2 Å². The number of halogens is 1. The van der Waals surface area contributed by atoms with Crippen LogP contribution in [-0.2, 0) is 21.1 Å². The molecule has 9 heteroatoms. The lowest BCUT2D eigenvalue weighted by Crippen LogP contribution is -2.39. The molecule has 144 valence electrons. The van der Waals surface area contributed by atoms with E-state index in [9.17, 15) is 8.42 Å². The van der Waals surface area contributed by atoms with E-state index in [0.29, 0.717) is 25.7 Å². The molecule has 0 atom stereocenters. The van der Waals surface area contributed by atoms with Crippen LogP contribution in [0.5, 0.6) is 5.75 Å². The molecule has 0 amide bonds. The Morgan fingerprint density at radius 1 is 1.16 bits per heavy atom. The van der Waals surface area contributed by atoms with Gasteiger partial charge in [0, 0.05) is 19.3 Å². The van der Waals surface area contributed by atoms with E-state index in [1.165, 1.54) is 6.26 Å². The van der Waals surface area contributed by atoms with Gasteiger partial charge in [0.05, 0.1) is 32.6 Å². The van der Waals surface area contributed by atoms with Crippen LogP contribution >= 0.6 is 24.0 Å². The Labute approximate surface area is 167 Å². The third-order valence-electron chi connectivity index (χ3n) is 3.06. The van der Waals surface area contributed by atoms with Gasteiger partial charge in [-0.15, -0.1) is 24.0 Å². The first-order chi connectivity index (χ1) is 11.4. The molecule has 1 rings (SSSR count). The van der Waals surface area contributed by atoms with Crippen molar-refractivity contribution in [1.82, 2.24) is 10.6 Å². The maximum Gasteiger partial charge on any atom is 0.191 e. The number of nitrogens with one attached hydrogen (secondary N) is 2. The summed E-state index contributed by atoms with van der Waals surface area (Å²) in [5, 5.41) is 6.30. The summed E-state index contributed by atoms with van der Waals surface area (Å²) in [5.41, 5.74) is 1.08. The Bertz CT molecular complexity index is 606. The van der Waals surface area contributed by atoms with Gasteiger partial charge in [0.25, 0.3) is 0 Å². The highest BCUT2D eigenvalue weighted by Crippen LogP contribution is 2.11. The highest BCUT2D eigenvalue weighted by atomic mass is 127. The lowest BCUT2D eigenvalue weighted by Gasteiger charge is -2.11. The molecule has 0 bridgehead atoms. The van der Waals surface area contributed by atoms with Crippen molar-refractivity contribution < 1.29 is 17.9 Å². The van der Waals surface area contributed by atoms with Crippen LogP contribution in [0.15, 0.2) is 29.3 Å². The Morgan fingerprint density at radius 2 is 1.84 bits per heavy atom. The van der Waals surface area contributed by atoms with Crippen LogP contribution in [0.3, 0.4) is 0 Å². The molecule has 0 fully saturated rings. The lowest BCUT2D eigenvalue weighted by molar-refractivity contribution is 0.154. The quantitative estimate of drug-likeness (QED) is 0.226. The van der Waals surface area contributed by atoms with Gasteiger partial charge in [-0.3, -0.25) is 0 Å². The van der Waals surface area contributed by atoms with Gasteiger partial charge < -0.3 is 20.1 Å². The Kier molecular flexibility index (Phi) is 12.6. The van der Waals surface area contributed by atoms with E-state index in [4.69, 9.17) is 9.47 Å². The fourth-order valence-corrected chi connectivity index (χ4v) is 2.22. The average Bonchev–Trinajstić information content (AvgIpc) is 2.55. The first-order valence-corrected chi connectivity index (χ1v) is 9.91. The van der Waals surface area contributed by atoms with Crippen molar-refractivity contribution in [3.8, 4) is 5.75 Å². The number of guanidine groups is 1. The van der Waals surface area contributed by atoms with Crippen molar-refractivity contribution in [3.05, 3.63) is 29.8 Å². The number of rotatable bonds is 10. The molecule has 0 spiro atoms. The normalized spacial score (nSPS) is 11.6. The monoisotopic (exact) mass is 485 g/mol. The topological polar surface area (TPSA) is 89.0 Å². The van der Waals surface area contributed by atoms with E-state index in [1.54, 1.807) is 7.11 Å². The van der Waals surface area contributed by atoms with Gasteiger partial charge >= 0.3 is 0 Å². The Hall–Kier alpha value is -1.07. The smallest absolute Gasteiger partial charge is 0.191 e. The van der Waals surface area contributed by atoms with Crippen LogP contribution in [0.1, 0.15) is 12.5 Å². The van der Waals surface area contributed by atoms with Crippen molar-refractivity contribution in [2.75, 3.05) is 45.4 Å². The molecule has 0 radical (unpaired) electrons. The molecule has 7 nitrogen and oxygen atoms in total. The molecule has 0 aromatic heterocycles. The SMILES string of the molecule is CCNC(=NCc1ccc(OC)cc1)NCCOCCS(C)(=O)=O.I. The van der Waals surface area contributed by atoms with E-state index in [0.717, 1.165) is 17.9 Å². The molecule has 25 heavy (non-hydrogen) atoms. The number of nitrogens with zero attached hydrogens (tertiary/aromatic N) is 1. The van der Waals surface area contributed by atoms with Gasteiger partial charge in [-0.05, 0) is 24.6 Å². The Balaban J connectivity index is 0.00000576. The molecule has 1 aromatic rings. The zero-order valence-corrected chi connectivity index (χ0v) is 18.1. The minimum Gasteiger partial charge on any atom is -0.497 e. The first kappa shape index (κ1) is 23.9. The number of ether oxygens (including phenoxy) is 2. The summed E-state index contributed by atoms with van der Waals surface area (Å²) in [6.07, 6.45) is 1.20. The van der Waals surface area contributed by atoms with Gasteiger partial charge in [-0.25, -0.2) is 13.4 Å². The summed E-state index contributed by atoms with van der Waals surface area (Å²) in [6.45, 7) is 4.48. The summed E-state index contributed by atoms with van der Waals surface area (Å²) in [7, 11) is -1.33. The number of methoxy groups -OCH3 is 1. The molecule has 0 saturated heterocycles. The zero-order valence-electron chi connectivity index (χ0n) is 14.9. The van der Waals surface area contributed by atoms with Crippen molar-refractivity contribution in [1.29, 1.82) is 0 Å². The molecule has 0 heterocycles. The lowest BCUT2D eigenvalue weighted by atomic mass is 10.2. The third-order valence-corrected chi connectivity index (χ3v) is 3.97. The molecule has 0 aliphatic rings. The van der Waals surface area contributed by atoms with Gasteiger partial charge in [-0.2, -0.15) is 0 Å². The maximum atomic E-state index is 11.0. The number of hydrogen-bond donors (Lipinski definition) is 2. The minimum absolute atomic E-state index is 0. The van der Waals surface area contributed by atoms with Crippen LogP contribution in [0.4, 0.5) is 0 Å². The summed E-state index contributed by atoms with van der Waals surface area (Å²) >= 11 is 0. The van der Waals surface area contributed by atoms with E-state index in [2.05, 4.69) is 15.6 Å². The highest BCUT2D eigenvalue weighted by molar-refractivity contribution is 14.0. The molecular formula is C16H28IN3O4S. The van der Waals surface area contributed by atoms with Crippen LogP contribution in [0, 0.1) is 0 Å². The maximum absolute atomic E-state index is 11.0. The van der Waals surface area contributed by atoms with Crippen LogP contribution in [0.25, 0.3) is 0 Å². The van der Waals surface area contributed by atoms with Crippen molar-refractivity contribution in [2.24, 2.45) is 4.99 Å². The largest absolute Gasteiger partial charge is 0.497 e. The fourth-order valence-electron chi connectivity index (χ4n) is 1.80. The highest BCUT2D eigenvalue weighted by Gasteiger charge is 2.02. The van der Waals surface area contributed by atoms with Crippen LogP contribution in [0.2, 0.25) is 0 Å². The minimum atomic E-state index is -2.97. The first-order valence-electron chi connectivity index (χ1n) is 7.85. The van der Waals surface area contributed by atoms with Gasteiger partial charge in [0.2, 0.25) is 0 Å². The second kappa shape index (κ2) is 13.2. The number of hydrogen-bond acceptors (Lipinski definition) is 5. The van der Waals surface area contributed by atoms with Gasteiger partial charge in [0.1, 0.15) is 15.6 Å². The standard InChI is InChI=1S/C16H27N3O4S.HI/c1-4-17-16(18-9-10-23-11-12-24(3,20)21)19-13-14-5-7-15(22-2)8-6-14;/h5-8H,4,9-13H2,1-3H3,(H2,17,18,19);1H. The number of benzene rings is 1. The molecule has 0 unspecified atom stereocenters. The summed E-state index contributed by atoms with van der Waals surface area (Å²) in [6, 6.07) is 7.75. The zero-order chi connectivity index (χ0) is 17.8. The Morgan fingerprint density at radius 3 is 2.40 bits per heavy atom. The van der Waals surface area contributed by atoms with Gasteiger partial charge in [0.15, 0.2) is 5.96 Å². The predicted octanol–water partition coefficient (Wildman–Crippen LogP) is 1.43. The molecule has 2 N–H and O–H groups in total. The van der Waals surface area contributed by atoms with Crippen molar-refractivity contribution >= 4 is 39.8 Å². The fraction of sp³-hybridized carbons (Fsp3) is 0.562. The predicted molar refractivity (Wildman–Crippen MR) is 112 cm³/mol. The van der Waals surface area contributed by atoms with E-state index in [-0.39, 0.29) is 36.3 Å². The van der Waals surface area contributed by atoms with Crippen molar-refractivity contribution in [2.45, 2.75) is 13.5 Å². The second-order valence-electron chi connectivity index (χ2n) is 5.21. The third kappa shape index (κ3) is 12.0. The molecule has 0 aliphatic heterocycles. The second-order valence-corrected chi connectivity index (χ2v) is 7.47. The number of aliphatic imine (C=N–C) groups is 1. The summed E-state index contributed by atoms with van der Waals surface area (Å²) in [5.74, 6) is 1.55. The van der Waals surface area contributed by atoms with E-state index < -0.39 is 9.84 Å². The average molecular weight is 485 g/mol. The van der Waals surface area contributed by atoms with Crippen LogP contribution < -0.4 is 15.4 Å². The molecule has 0 saturated carbocycles. The molecular weight excluding hydrogens is 457 g/mol. The van der Waals surface area contributed by atoms with Crippen LogP contribution in [-0.4, -0.2) is 59.8 Å². The molecule has 0 aliphatic carbocycles. The van der Waals surface area contributed by atoms with Gasteiger partial charge in [-0.1, -0.05) is 12.1 Å². The summed E-state index contributed by atoms with van der Waals surface area (Å²) in [4.78, 5) is 4.50. The summed E-state index contributed by atoms with van der Waals surface area (Å²) < 4.78 is 32.4. The van der Waals surface area contributed by atoms with Crippen molar-refractivity contribution in [3.63, 3.8) is 0 Å². The van der Waals surface area contributed by atoms with E-state index >= 15 is 0 Å². The number of sulfone groups is 1. The molecule has 1 aromatic carbocycles.